The third-order valence-corrected chi connectivity index (χ3v) is 4.85. The number of rotatable bonds is 7. The smallest absolute Gasteiger partial charge is 0.185 e. The van der Waals surface area contributed by atoms with Crippen LogP contribution in [-0.2, 0) is 9.47 Å². The van der Waals surface area contributed by atoms with E-state index in [0.717, 1.165) is 27.6 Å². The number of benzene rings is 3. The fourth-order valence-corrected chi connectivity index (χ4v) is 3.39. The molecule has 148 valence electrons. The van der Waals surface area contributed by atoms with Gasteiger partial charge in [-0.1, -0.05) is 48.5 Å². The van der Waals surface area contributed by atoms with Gasteiger partial charge in [-0.15, -0.1) is 0 Å². The molecule has 1 aliphatic rings. The Morgan fingerprint density at radius 1 is 1.03 bits per heavy atom. The van der Waals surface area contributed by atoms with Crippen molar-refractivity contribution in [3.8, 4) is 0 Å². The number of carbonyl (C=O) groups excluding carboxylic acids is 1. The largest absolute Gasteiger partial charge is 0.395 e. The average Bonchev–Trinajstić information content (AvgIpc) is 3.30. The van der Waals surface area contributed by atoms with Crippen LogP contribution in [0.4, 0.5) is 5.69 Å². The summed E-state index contributed by atoms with van der Waals surface area (Å²) in [5, 5.41) is 14.1. The Labute approximate surface area is 169 Å². The first kappa shape index (κ1) is 19.3. The number of aliphatic hydroxyl groups excluding tert-OH is 1. The van der Waals surface area contributed by atoms with Gasteiger partial charge in [0, 0.05) is 23.4 Å². The number of anilines is 1. The molecule has 0 saturated carbocycles. The summed E-state index contributed by atoms with van der Waals surface area (Å²) in [6.45, 7) is 1.75. The van der Waals surface area contributed by atoms with Gasteiger partial charge in [0.05, 0.1) is 19.8 Å². The maximum atomic E-state index is 12.7. The van der Waals surface area contributed by atoms with Crippen LogP contribution < -0.4 is 5.32 Å². The first-order valence-electron chi connectivity index (χ1n) is 9.68. The molecule has 3 aromatic rings. The van der Waals surface area contributed by atoms with Crippen LogP contribution in [0, 0.1) is 0 Å². The minimum absolute atomic E-state index is 0.0579. The van der Waals surface area contributed by atoms with E-state index in [0.29, 0.717) is 25.3 Å². The van der Waals surface area contributed by atoms with Gasteiger partial charge in [-0.2, -0.15) is 0 Å². The third-order valence-electron chi connectivity index (χ3n) is 4.85. The Kier molecular flexibility index (Phi) is 6.00. The Balaban J connectivity index is 1.53. The summed E-state index contributed by atoms with van der Waals surface area (Å²) in [7, 11) is 0. The third kappa shape index (κ3) is 4.54. The monoisotopic (exact) mass is 389 g/mol. The number of ether oxygens (including phenoxy) is 2. The van der Waals surface area contributed by atoms with E-state index in [9.17, 15) is 4.79 Å². The molecular weight excluding hydrogens is 366 g/mol. The highest BCUT2D eigenvalue weighted by Crippen LogP contribution is 2.27. The molecule has 5 nitrogen and oxygen atoms in total. The van der Waals surface area contributed by atoms with Crippen LogP contribution in [0.3, 0.4) is 0 Å². The zero-order valence-electron chi connectivity index (χ0n) is 16.0. The van der Waals surface area contributed by atoms with Crippen molar-refractivity contribution in [1.29, 1.82) is 0 Å². The molecule has 0 spiro atoms. The van der Waals surface area contributed by atoms with Gasteiger partial charge < -0.3 is 19.9 Å². The molecule has 5 heteroatoms. The van der Waals surface area contributed by atoms with Gasteiger partial charge in [-0.05, 0) is 40.6 Å². The number of ketones is 1. The zero-order valence-corrected chi connectivity index (χ0v) is 16.0. The fraction of sp³-hybridized carbons (Fsp3) is 0.208. The van der Waals surface area contributed by atoms with E-state index in [1.165, 1.54) is 0 Å². The Morgan fingerprint density at radius 2 is 1.79 bits per heavy atom. The highest BCUT2D eigenvalue weighted by molar-refractivity contribution is 6.08. The Bertz CT molecular complexity index is 1040. The highest BCUT2D eigenvalue weighted by Gasteiger charge is 2.20. The molecule has 0 atom stereocenters. The van der Waals surface area contributed by atoms with Crippen LogP contribution in [0.15, 0.2) is 66.7 Å². The van der Waals surface area contributed by atoms with Crippen LogP contribution in [0.5, 0.6) is 0 Å². The predicted octanol–water partition coefficient (Wildman–Crippen LogP) is 4.19. The minimum Gasteiger partial charge on any atom is -0.395 e. The molecule has 0 aromatic heterocycles. The second-order valence-electron chi connectivity index (χ2n) is 6.83. The molecule has 2 N–H and O–H groups in total. The minimum atomic E-state index is -0.375. The number of aliphatic hydroxyl groups is 1. The van der Waals surface area contributed by atoms with E-state index in [1.807, 2.05) is 66.7 Å². The first-order chi connectivity index (χ1) is 14.2. The van der Waals surface area contributed by atoms with Gasteiger partial charge in [-0.25, -0.2) is 0 Å². The van der Waals surface area contributed by atoms with Crippen molar-refractivity contribution < 1.29 is 19.4 Å². The number of nitrogens with one attached hydrogen (secondary N) is 1. The molecular formula is C24H23NO4. The van der Waals surface area contributed by atoms with Gasteiger partial charge in [0.2, 0.25) is 0 Å². The molecule has 1 saturated heterocycles. The highest BCUT2D eigenvalue weighted by atomic mass is 16.7. The van der Waals surface area contributed by atoms with Crippen LogP contribution in [-0.4, -0.2) is 37.3 Å². The van der Waals surface area contributed by atoms with Gasteiger partial charge in [0.15, 0.2) is 12.1 Å². The first-order valence-corrected chi connectivity index (χ1v) is 9.68. The van der Waals surface area contributed by atoms with E-state index in [4.69, 9.17) is 14.6 Å². The van der Waals surface area contributed by atoms with Crippen molar-refractivity contribution in [1.82, 2.24) is 0 Å². The quantitative estimate of drug-likeness (QED) is 0.469. The average molecular weight is 389 g/mol. The van der Waals surface area contributed by atoms with Crippen LogP contribution in [0.1, 0.15) is 27.8 Å². The molecule has 0 unspecified atom stereocenters. The molecule has 1 heterocycles. The van der Waals surface area contributed by atoms with E-state index >= 15 is 0 Å². The Hall–Kier alpha value is -2.99. The fourth-order valence-electron chi connectivity index (χ4n) is 3.39. The van der Waals surface area contributed by atoms with Gasteiger partial charge >= 0.3 is 0 Å². The van der Waals surface area contributed by atoms with Gasteiger partial charge in [-0.3, -0.25) is 4.79 Å². The molecule has 1 fully saturated rings. The summed E-state index contributed by atoms with van der Waals surface area (Å²) in [6.07, 6.45) is 3.03. The molecule has 0 amide bonds. The van der Waals surface area contributed by atoms with E-state index in [1.54, 1.807) is 6.08 Å². The maximum Gasteiger partial charge on any atom is 0.185 e. The summed E-state index contributed by atoms with van der Waals surface area (Å²) >= 11 is 0. The second kappa shape index (κ2) is 9.01. The second-order valence-corrected chi connectivity index (χ2v) is 6.83. The lowest BCUT2D eigenvalue weighted by molar-refractivity contribution is -0.0442. The standard InChI is InChI=1S/C24H23NO4/c26-12-11-25-21-9-7-18-15-20(6-5-19(18)16-21)23(27)10-8-17-3-1-2-4-22(17)24-28-13-14-29-24/h1-10,15-16,24-26H,11-14H2. The zero-order chi connectivity index (χ0) is 20.1. The van der Waals surface area contributed by atoms with E-state index in [2.05, 4.69) is 5.32 Å². The van der Waals surface area contributed by atoms with Crippen molar-refractivity contribution in [2.75, 3.05) is 31.7 Å². The van der Waals surface area contributed by atoms with Crippen molar-refractivity contribution in [2.45, 2.75) is 6.29 Å². The lowest BCUT2D eigenvalue weighted by Gasteiger charge is -2.12. The predicted molar refractivity (Wildman–Crippen MR) is 114 cm³/mol. The van der Waals surface area contributed by atoms with Crippen molar-refractivity contribution >= 4 is 28.3 Å². The summed E-state index contributed by atoms with van der Waals surface area (Å²) in [5.74, 6) is -0.0579. The summed E-state index contributed by atoms with van der Waals surface area (Å²) < 4.78 is 11.2. The Morgan fingerprint density at radius 3 is 2.62 bits per heavy atom. The number of carbonyl (C=O) groups is 1. The van der Waals surface area contributed by atoms with Crippen LogP contribution in [0.25, 0.3) is 16.8 Å². The lowest BCUT2D eigenvalue weighted by atomic mass is 10.0. The molecule has 4 rings (SSSR count). The van der Waals surface area contributed by atoms with Crippen LogP contribution in [0.2, 0.25) is 0 Å². The van der Waals surface area contributed by atoms with E-state index < -0.39 is 0 Å². The molecule has 29 heavy (non-hydrogen) atoms. The summed E-state index contributed by atoms with van der Waals surface area (Å²) in [5.41, 5.74) is 3.41. The number of fused-ring (bicyclic) bond motifs is 1. The van der Waals surface area contributed by atoms with Gasteiger partial charge in [0.1, 0.15) is 0 Å². The van der Waals surface area contributed by atoms with Gasteiger partial charge in [0.25, 0.3) is 0 Å². The maximum absolute atomic E-state index is 12.7. The summed E-state index contributed by atoms with van der Waals surface area (Å²) in [6, 6.07) is 19.4. The lowest BCUT2D eigenvalue weighted by Crippen LogP contribution is -2.05. The number of allylic oxidation sites excluding steroid dienone is 1. The molecule has 3 aromatic carbocycles. The van der Waals surface area contributed by atoms with E-state index in [-0.39, 0.29) is 18.7 Å². The normalized spacial score (nSPS) is 14.7. The molecule has 0 bridgehead atoms. The molecule has 1 aliphatic heterocycles. The number of hydrogen-bond acceptors (Lipinski definition) is 5. The topological polar surface area (TPSA) is 67.8 Å². The number of hydrogen-bond donors (Lipinski definition) is 2. The van der Waals surface area contributed by atoms with Crippen molar-refractivity contribution in [2.24, 2.45) is 0 Å². The molecule has 0 aliphatic carbocycles. The van der Waals surface area contributed by atoms with Crippen LogP contribution >= 0.6 is 0 Å². The van der Waals surface area contributed by atoms with Crippen molar-refractivity contribution in [3.05, 3.63) is 83.4 Å². The molecule has 0 radical (unpaired) electrons. The summed E-state index contributed by atoms with van der Waals surface area (Å²) in [4.78, 5) is 12.7. The SMILES string of the molecule is O=C(C=Cc1ccccc1C1OCCO1)c1ccc2cc(NCCO)ccc2c1. The van der Waals surface area contributed by atoms with Crippen molar-refractivity contribution in [3.63, 3.8) is 0 Å².